The molecule has 2 aromatic rings. The van der Waals surface area contributed by atoms with Gasteiger partial charge in [-0.1, -0.05) is 60.7 Å². The highest BCUT2D eigenvalue weighted by atomic mass is 16.3. The molecule has 1 atom stereocenters. The highest BCUT2D eigenvalue weighted by Gasteiger charge is 2.11. The van der Waals surface area contributed by atoms with Gasteiger partial charge in [-0.15, -0.1) is 0 Å². The van der Waals surface area contributed by atoms with Crippen LogP contribution in [0, 0.1) is 0 Å². The van der Waals surface area contributed by atoms with Gasteiger partial charge >= 0.3 is 0 Å². The van der Waals surface area contributed by atoms with Gasteiger partial charge in [-0.25, -0.2) is 0 Å². The van der Waals surface area contributed by atoms with E-state index in [9.17, 15) is 5.11 Å². The van der Waals surface area contributed by atoms with Crippen LogP contribution >= 0.6 is 0 Å². The molecule has 0 bridgehead atoms. The average molecular weight is 270 g/mol. The molecular weight excluding hydrogens is 248 g/mol. The van der Waals surface area contributed by atoms with E-state index in [1.54, 1.807) is 0 Å². The SMILES string of the molecule is NCC(O)CN(Cc1ccccc1)Cc1ccccc1. The molecule has 0 heterocycles. The summed E-state index contributed by atoms with van der Waals surface area (Å²) in [6, 6.07) is 20.6. The summed E-state index contributed by atoms with van der Waals surface area (Å²) in [5.74, 6) is 0. The first-order chi connectivity index (χ1) is 9.78. The van der Waals surface area contributed by atoms with Gasteiger partial charge < -0.3 is 10.8 Å². The molecule has 3 N–H and O–H groups in total. The number of hydrogen-bond acceptors (Lipinski definition) is 3. The summed E-state index contributed by atoms with van der Waals surface area (Å²) in [6.45, 7) is 2.50. The number of hydrogen-bond donors (Lipinski definition) is 2. The molecule has 0 aliphatic carbocycles. The number of aliphatic hydroxyl groups excluding tert-OH is 1. The fourth-order valence-electron chi connectivity index (χ4n) is 2.24. The summed E-state index contributed by atoms with van der Waals surface area (Å²) in [5, 5.41) is 9.82. The average Bonchev–Trinajstić information content (AvgIpc) is 2.49. The highest BCUT2D eigenvalue weighted by Crippen LogP contribution is 2.10. The largest absolute Gasteiger partial charge is 0.390 e. The Balaban J connectivity index is 2.04. The lowest BCUT2D eigenvalue weighted by molar-refractivity contribution is 0.110. The molecule has 0 amide bonds. The third-order valence-corrected chi connectivity index (χ3v) is 3.24. The lowest BCUT2D eigenvalue weighted by Gasteiger charge is -2.24. The third-order valence-electron chi connectivity index (χ3n) is 3.24. The van der Waals surface area contributed by atoms with E-state index in [4.69, 9.17) is 5.73 Å². The predicted molar refractivity (Wildman–Crippen MR) is 82.1 cm³/mol. The van der Waals surface area contributed by atoms with Crippen molar-refractivity contribution >= 4 is 0 Å². The van der Waals surface area contributed by atoms with E-state index in [1.165, 1.54) is 11.1 Å². The first-order valence-corrected chi connectivity index (χ1v) is 6.96. The van der Waals surface area contributed by atoms with Crippen molar-refractivity contribution < 1.29 is 5.11 Å². The molecule has 0 aliphatic heterocycles. The van der Waals surface area contributed by atoms with Gasteiger partial charge in [0.2, 0.25) is 0 Å². The zero-order chi connectivity index (χ0) is 14.2. The lowest BCUT2D eigenvalue weighted by atomic mass is 10.1. The number of aliphatic hydroxyl groups is 1. The molecule has 0 saturated heterocycles. The Morgan fingerprint density at radius 3 is 1.70 bits per heavy atom. The number of rotatable bonds is 7. The smallest absolute Gasteiger partial charge is 0.0789 e. The van der Waals surface area contributed by atoms with Crippen LogP contribution in [0.25, 0.3) is 0 Å². The molecule has 0 saturated carbocycles. The van der Waals surface area contributed by atoms with Gasteiger partial charge in [0.05, 0.1) is 6.10 Å². The van der Waals surface area contributed by atoms with Crippen LogP contribution < -0.4 is 5.73 Å². The minimum absolute atomic E-state index is 0.292. The molecule has 106 valence electrons. The minimum Gasteiger partial charge on any atom is -0.390 e. The fraction of sp³-hybridized carbons (Fsp3) is 0.294. The van der Waals surface area contributed by atoms with Crippen LogP contribution in [-0.4, -0.2) is 29.2 Å². The number of nitrogens with two attached hydrogens (primary N) is 1. The van der Waals surface area contributed by atoms with Gasteiger partial charge in [-0.3, -0.25) is 4.90 Å². The maximum absolute atomic E-state index is 9.82. The van der Waals surface area contributed by atoms with Crippen molar-refractivity contribution in [1.82, 2.24) is 4.90 Å². The summed E-state index contributed by atoms with van der Waals surface area (Å²) >= 11 is 0. The monoisotopic (exact) mass is 270 g/mol. The first-order valence-electron chi connectivity index (χ1n) is 6.96. The molecule has 0 fully saturated rings. The molecule has 3 nitrogen and oxygen atoms in total. The lowest BCUT2D eigenvalue weighted by Crippen LogP contribution is -2.35. The van der Waals surface area contributed by atoms with Crippen molar-refractivity contribution in [2.24, 2.45) is 5.73 Å². The van der Waals surface area contributed by atoms with E-state index in [0.717, 1.165) is 13.1 Å². The van der Waals surface area contributed by atoms with Crippen molar-refractivity contribution in [2.75, 3.05) is 13.1 Å². The molecule has 2 aromatic carbocycles. The van der Waals surface area contributed by atoms with Gasteiger partial charge in [0.25, 0.3) is 0 Å². The zero-order valence-electron chi connectivity index (χ0n) is 11.7. The molecule has 1 unspecified atom stereocenters. The summed E-state index contributed by atoms with van der Waals surface area (Å²) in [4.78, 5) is 2.22. The van der Waals surface area contributed by atoms with E-state index in [0.29, 0.717) is 13.1 Å². The maximum atomic E-state index is 9.82. The van der Waals surface area contributed by atoms with Crippen LogP contribution in [0.4, 0.5) is 0 Å². The van der Waals surface area contributed by atoms with Crippen LogP contribution in [-0.2, 0) is 13.1 Å². The Morgan fingerprint density at radius 2 is 1.30 bits per heavy atom. The van der Waals surface area contributed by atoms with E-state index in [1.807, 2.05) is 36.4 Å². The Hall–Kier alpha value is -1.68. The van der Waals surface area contributed by atoms with Gasteiger partial charge in [-0.2, -0.15) is 0 Å². The van der Waals surface area contributed by atoms with Crippen LogP contribution in [0.15, 0.2) is 60.7 Å². The fourth-order valence-corrected chi connectivity index (χ4v) is 2.24. The molecule has 2 rings (SSSR count). The van der Waals surface area contributed by atoms with E-state index in [2.05, 4.69) is 29.2 Å². The van der Waals surface area contributed by atoms with E-state index in [-0.39, 0.29) is 0 Å². The van der Waals surface area contributed by atoms with Crippen molar-refractivity contribution in [2.45, 2.75) is 19.2 Å². The summed E-state index contributed by atoms with van der Waals surface area (Å²) in [5.41, 5.74) is 8.02. The number of nitrogens with zero attached hydrogens (tertiary/aromatic N) is 1. The van der Waals surface area contributed by atoms with Gasteiger partial charge in [-0.05, 0) is 11.1 Å². The number of benzene rings is 2. The second kappa shape index (κ2) is 7.80. The van der Waals surface area contributed by atoms with Gasteiger partial charge in [0, 0.05) is 26.2 Å². The standard InChI is InChI=1S/C17H22N2O/c18-11-17(20)14-19(12-15-7-3-1-4-8-15)13-16-9-5-2-6-10-16/h1-10,17,20H,11-14,18H2. The molecule has 0 aromatic heterocycles. The molecule has 0 aliphatic rings. The Labute approximate surface area is 120 Å². The Morgan fingerprint density at radius 1 is 0.850 bits per heavy atom. The topological polar surface area (TPSA) is 49.5 Å². The zero-order valence-corrected chi connectivity index (χ0v) is 11.7. The Kier molecular flexibility index (Phi) is 5.74. The van der Waals surface area contributed by atoms with Crippen LogP contribution in [0.2, 0.25) is 0 Å². The molecule has 3 heteroatoms. The Bertz CT molecular complexity index is 445. The third kappa shape index (κ3) is 4.78. The summed E-state index contributed by atoms with van der Waals surface area (Å²) < 4.78 is 0. The minimum atomic E-state index is -0.484. The maximum Gasteiger partial charge on any atom is 0.0789 e. The normalized spacial score (nSPS) is 12.6. The van der Waals surface area contributed by atoms with Gasteiger partial charge in [0.15, 0.2) is 0 Å². The highest BCUT2D eigenvalue weighted by molar-refractivity contribution is 5.17. The second-order valence-electron chi connectivity index (χ2n) is 5.03. The van der Waals surface area contributed by atoms with Crippen molar-refractivity contribution in [3.8, 4) is 0 Å². The van der Waals surface area contributed by atoms with Crippen LogP contribution in [0.3, 0.4) is 0 Å². The van der Waals surface area contributed by atoms with E-state index < -0.39 is 6.10 Å². The molecule has 0 radical (unpaired) electrons. The van der Waals surface area contributed by atoms with Gasteiger partial charge in [0.1, 0.15) is 0 Å². The quantitative estimate of drug-likeness (QED) is 0.809. The second-order valence-corrected chi connectivity index (χ2v) is 5.03. The predicted octanol–water partition coefficient (Wildman–Crippen LogP) is 2.01. The summed E-state index contributed by atoms with van der Waals surface area (Å²) in [6.07, 6.45) is -0.484. The first kappa shape index (κ1) is 14.7. The van der Waals surface area contributed by atoms with Crippen molar-refractivity contribution in [1.29, 1.82) is 0 Å². The molecule has 0 spiro atoms. The van der Waals surface area contributed by atoms with Crippen LogP contribution in [0.5, 0.6) is 0 Å². The molecular formula is C17H22N2O. The van der Waals surface area contributed by atoms with Crippen LogP contribution in [0.1, 0.15) is 11.1 Å². The molecule has 20 heavy (non-hydrogen) atoms. The summed E-state index contributed by atoms with van der Waals surface area (Å²) in [7, 11) is 0. The van der Waals surface area contributed by atoms with Crippen molar-refractivity contribution in [3.63, 3.8) is 0 Å². The van der Waals surface area contributed by atoms with E-state index >= 15 is 0 Å². The van der Waals surface area contributed by atoms with Crippen molar-refractivity contribution in [3.05, 3.63) is 71.8 Å².